The van der Waals surface area contributed by atoms with E-state index in [1.807, 2.05) is 6.07 Å². The normalized spacial score (nSPS) is 8.22. The molecule has 0 fully saturated rings. The van der Waals surface area contributed by atoms with Crippen LogP contribution in [-0.2, 0) is 0 Å². The van der Waals surface area contributed by atoms with Crippen molar-refractivity contribution < 1.29 is 20.3 Å². The zero-order valence-corrected chi connectivity index (χ0v) is 6.58. The number of benzene rings is 1. The molecule has 3 heteroatoms. The summed E-state index contributed by atoms with van der Waals surface area (Å²) in [6.07, 6.45) is 0. The molecule has 0 N–H and O–H groups in total. The van der Waals surface area contributed by atoms with E-state index in [1.165, 1.54) is 0 Å². The van der Waals surface area contributed by atoms with Crippen LogP contribution in [0.3, 0.4) is 0 Å². The van der Waals surface area contributed by atoms with Gasteiger partial charge in [-0.1, -0.05) is 29.3 Å². The third kappa shape index (κ3) is 3.18. The molecule has 1 aromatic rings. The Bertz CT molecular complexity index is 176. The van der Waals surface area contributed by atoms with Crippen LogP contribution in [0.25, 0.3) is 0 Å². The Morgan fingerprint density at radius 1 is 1.11 bits per heavy atom. The van der Waals surface area contributed by atoms with Crippen LogP contribution in [-0.4, -0.2) is 0 Å². The van der Waals surface area contributed by atoms with Gasteiger partial charge in [-0.2, -0.15) is 0 Å². The van der Waals surface area contributed by atoms with Crippen molar-refractivity contribution >= 4 is 23.2 Å². The summed E-state index contributed by atoms with van der Waals surface area (Å²) < 4.78 is 0. The molecule has 0 radical (unpaired) electrons. The summed E-state index contributed by atoms with van der Waals surface area (Å²) in [7, 11) is 0. The summed E-state index contributed by atoms with van der Waals surface area (Å²) in [6, 6.07) is 7.08. The Morgan fingerprint density at radius 3 is 1.78 bits per heavy atom. The fourth-order valence-electron chi connectivity index (χ4n) is 0.460. The van der Waals surface area contributed by atoms with Crippen LogP contribution >= 0.6 is 23.2 Å². The van der Waals surface area contributed by atoms with Crippen LogP contribution in [0.4, 0.5) is 0 Å². The first-order chi connectivity index (χ1) is 3.79. The minimum Gasteiger partial charge on any atom is -1.00 e. The quantitative estimate of drug-likeness (QED) is 0.466. The molecule has 0 saturated heterocycles. The van der Waals surface area contributed by atoms with Crippen molar-refractivity contribution in [2.24, 2.45) is 0 Å². The van der Waals surface area contributed by atoms with Crippen molar-refractivity contribution in [3.8, 4) is 0 Å². The predicted octanol–water partition coefficient (Wildman–Crippen LogP) is 0.110. The van der Waals surface area contributed by atoms with Gasteiger partial charge < -0.3 is 1.43 Å². The smallest absolute Gasteiger partial charge is 1.00 e. The summed E-state index contributed by atoms with van der Waals surface area (Å²) in [5, 5.41) is 1.36. The van der Waals surface area contributed by atoms with Gasteiger partial charge >= 0.3 is 18.9 Å². The van der Waals surface area contributed by atoms with Crippen LogP contribution in [0.1, 0.15) is 1.43 Å². The number of hydrogen-bond donors (Lipinski definition) is 0. The monoisotopic (exact) mass is 154 g/mol. The van der Waals surface area contributed by atoms with E-state index in [2.05, 4.69) is 0 Å². The topological polar surface area (TPSA) is 0 Å². The van der Waals surface area contributed by atoms with Gasteiger partial charge in [0.25, 0.3) is 0 Å². The second kappa shape index (κ2) is 4.25. The third-order valence-corrected chi connectivity index (χ3v) is 1.26. The molecule has 0 nitrogen and oxygen atoms in total. The molecule has 9 heavy (non-hydrogen) atoms. The zero-order chi connectivity index (χ0) is 5.98. The maximum Gasteiger partial charge on any atom is 1.00 e. The van der Waals surface area contributed by atoms with E-state index >= 15 is 0 Å². The molecular formula is C6H5Cl2Li. The molecule has 0 amide bonds. The number of hydrogen-bond acceptors (Lipinski definition) is 0. The molecule has 0 heterocycles. The fraction of sp³-hybridized carbons (Fsp3) is 0. The number of rotatable bonds is 0. The molecule has 0 aliphatic heterocycles. The average molecular weight is 155 g/mol. The molecule has 0 saturated carbocycles. The van der Waals surface area contributed by atoms with E-state index in [-0.39, 0.29) is 20.3 Å². The van der Waals surface area contributed by atoms with Gasteiger partial charge in [-0.3, -0.25) is 0 Å². The second-order valence-electron chi connectivity index (χ2n) is 1.44. The van der Waals surface area contributed by atoms with E-state index in [0.29, 0.717) is 10.0 Å². The van der Waals surface area contributed by atoms with Crippen molar-refractivity contribution in [2.45, 2.75) is 0 Å². The second-order valence-corrected chi connectivity index (χ2v) is 2.31. The molecular weight excluding hydrogens is 150 g/mol. The van der Waals surface area contributed by atoms with Crippen molar-refractivity contribution in [1.82, 2.24) is 0 Å². The van der Waals surface area contributed by atoms with E-state index in [1.54, 1.807) is 18.2 Å². The van der Waals surface area contributed by atoms with Crippen molar-refractivity contribution in [3.63, 3.8) is 0 Å². The van der Waals surface area contributed by atoms with Gasteiger partial charge in [0.15, 0.2) is 0 Å². The average Bonchev–Trinajstić information content (AvgIpc) is 1.64. The first kappa shape index (κ1) is 9.40. The van der Waals surface area contributed by atoms with Crippen molar-refractivity contribution in [3.05, 3.63) is 34.3 Å². The van der Waals surface area contributed by atoms with Gasteiger partial charge in [-0.15, -0.1) is 0 Å². The predicted molar refractivity (Wildman–Crippen MR) is 37.6 cm³/mol. The van der Waals surface area contributed by atoms with Gasteiger partial charge in [0.05, 0.1) is 0 Å². The first-order valence-electron chi connectivity index (χ1n) is 2.20. The summed E-state index contributed by atoms with van der Waals surface area (Å²) >= 11 is 11.1. The Labute approximate surface area is 77.8 Å². The first-order valence-corrected chi connectivity index (χ1v) is 2.96. The summed E-state index contributed by atoms with van der Waals surface area (Å²) in [4.78, 5) is 0. The maximum atomic E-state index is 5.56. The Balaban J connectivity index is 0. The van der Waals surface area contributed by atoms with E-state index in [0.717, 1.165) is 0 Å². The molecule has 0 bridgehead atoms. The number of halogens is 2. The molecule has 0 unspecified atom stereocenters. The van der Waals surface area contributed by atoms with Gasteiger partial charge in [0, 0.05) is 10.0 Å². The van der Waals surface area contributed by atoms with Gasteiger partial charge in [-0.25, -0.2) is 0 Å². The van der Waals surface area contributed by atoms with Crippen LogP contribution in [0, 0.1) is 0 Å². The Morgan fingerprint density at radius 2 is 1.56 bits per heavy atom. The Kier molecular flexibility index (Phi) is 4.44. The third-order valence-electron chi connectivity index (χ3n) is 0.787. The van der Waals surface area contributed by atoms with Crippen LogP contribution in [0.2, 0.25) is 10.0 Å². The minimum atomic E-state index is 0. The van der Waals surface area contributed by atoms with Gasteiger partial charge in [-0.05, 0) is 18.2 Å². The molecule has 44 valence electrons. The van der Waals surface area contributed by atoms with E-state index < -0.39 is 0 Å². The molecule has 0 aliphatic carbocycles. The van der Waals surface area contributed by atoms with Crippen LogP contribution in [0.15, 0.2) is 24.3 Å². The van der Waals surface area contributed by atoms with Gasteiger partial charge in [0.1, 0.15) is 0 Å². The summed E-state index contributed by atoms with van der Waals surface area (Å²) in [6.45, 7) is 0. The van der Waals surface area contributed by atoms with Crippen LogP contribution < -0.4 is 18.9 Å². The molecule has 0 aromatic heterocycles. The molecule has 0 aliphatic rings. The SMILES string of the molecule is Clc1cccc(Cl)c1.[H-].[Li+]. The maximum absolute atomic E-state index is 5.56. The van der Waals surface area contributed by atoms with Crippen LogP contribution in [0.5, 0.6) is 0 Å². The van der Waals surface area contributed by atoms with Crippen molar-refractivity contribution in [2.75, 3.05) is 0 Å². The molecule has 0 spiro atoms. The standard InChI is InChI=1S/C6H4Cl2.Li.H/c7-5-2-1-3-6(8)4-5;;/h1-4H;;/q;+1;-1. The van der Waals surface area contributed by atoms with E-state index in [4.69, 9.17) is 23.2 Å². The largest absolute Gasteiger partial charge is 1.00 e. The fourth-order valence-corrected chi connectivity index (χ4v) is 0.896. The molecule has 0 atom stereocenters. The van der Waals surface area contributed by atoms with Crippen molar-refractivity contribution in [1.29, 1.82) is 0 Å². The minimum absolute atomic E-state index is 0. The molecule has 1 rings (SSSR count). The Hall–Kier alpha value is 0.397. The summed E-state index contributed by atoms with van der Waals surface area (Å²) in [5.41, 5.74) is 0. The van der Waals surface area contributed by atoms with Gasteiger partial charge in [0.2, 0.25) is 0 Å². The summed E-state index contributed by atoms with van der Waals surface area (Å²) in [5.74, 6) is 0. The van der Waals surface area contributed by atoms with E-state index in [9.17, 15) is 0 Å². The zero-order valence-electron chi connectivity index (χ0n) is 6.07. The molecule has 1 aromatic carbocycles.